The SMILES string of the molecule is C=CCS(=O)(=O)OC(=O)Cn1ccc2ccccc21. The van der Waals surface area contributed by atoms with Crippen molar-refractivity contribution in [3.05, 3.63) is 49.2 Å². The lowest BCUT2D eigenvalue weighted by molar-refractivity contribution is -0.134. The molecule has 0 saturated carbocycles. The summed E-state index contributed by atoms with van der Waals surface area (Å²) in [5.74, 6) is -1.20. The minimum Gasteiger partial charge on any atom is -0.344 e. The molecule has 1 heterocycles. The maximum absolute atomic E-state index is 11.6. The molecule has 0 amide bonds. The molecule has 0 aliphatic rings. The highest BCUT2D eigenvalue weighted by molar-refractivity contribution is 7.87. The molecule has 0 saturated heterocycles. The first-order valence-corrected chi connectivity index (χ1v) is 7.19. The first-order valence-electron chi connectivity index (χ1n) is 5.61. The van der Waals surface area contributed by atoms with Gasteiger partial charge in [0.2, 0.25) is 0 Å². The number of fused-ring (bicyclic) bond motifs is 1. The number of carbonyl (C=O) groups excluding carboxylic acids is 1. The van der Waals surface area contributed by atoms with Crippen molar-refractivity contribution in [2.75, 3.05) is 5.75 Å². The lowest BCUT2D eigenvalue weighted by Gasteiger charge is -2.06. The molecule has 2 rings (SSSR count). The average Bonchev–Trinajstić information content (AvgIpc) is 2.72. The number of hydrogen-bond acceptors (Lipinski definition) is 4. The Balaban J connectivity index is 2.13. The van der Waals surface area contributed by atoms with Crippen LogP contribution in [0.5, 0.6) is 0 Å². The second-order valence-electron chi connectivity index (χ2n) is 3.97. The monoisotopic (exact) mass is 279 g/mol. The van der Waals surface area contributed by atoms with Crippen LogP contribution in [-0.4, -0.2) is 24.7 Å². The van der Waals surface area contributed by atoms with Gasteiger partial charge in [-0.3, -0.25) is 0 Å². The molecule has 6 heteroatoms. The molecule has 0 radical (unpaired) electrons. The van der Waals surface area contributed by atoms with Crippen molar-refractivity contribution in [2.24, 2.45) is 0 Å². The van der Waals surface area contributed by atoms with E-state index in [0.717, 1.165) is 10.9 Å². The van der Waals surface area contributed by atoms with Crippen LogP contribution in [0.4, 0.5) is 0 Å². The third kappa shape index (κ3) is 3.23. The molecule has 0 unspecified atom stereocenters. The largest absolute Gasteiger partial charge is 0.344 e. The topological polar surface area (TPSA) is 65.4 Å². The van der Waals surface area contributed by atoms with Crippen LogP contribution in [0, 0.1) is 0 Å². The molecule has 0 N–H and O–H groups in total. The van der Waals surface area contributed by atoms with E-state index in [-0.39, 0.29) is 12.3 Å². The molecule has 5 nitrogen and oxygen atoms in total. The zero-order valence-corrected chi connectivity index (χ0v) is 11.0. The number of carbonyl (C=O) groups is 1. The Bertz CT molecular complexity index is 715. The first kappa shape index (κ1) is 13.4. The molecule has 1 aromatic heterocycles. The quantitative estimate of drug-likeness (QED) is 0.617. The summed E-state index contributed by atoms with van der Waals surface area (Å²) in [5.41, 5.74) is 0.848. The number of hydrogen-bond donors (Lipinski definition) is 0. The van der Waals surface area contributed by atoms with Crippen LogP contribution in [0.1, 0.15) is 0 Å². The molecule has 0 aliphatic carbocycles. The van der Waals surface area contributed by atoms with Crippen LogP contribution in [0.15, 0.2) is 49.2 Å². The molecular weight excluding hydrogens is 266 g/mol. The minimum absolute atomic E-state index is 0.149. The Labute approximate surface area is 111 Å². The van der Waals surface area contributed by atoms with Gasteiger partial charge in [-0.25, -0.2) is 4.79 Å². The summed E-state index contributed by atoms with van der Waals surface area (Å²) < 4.78 is 28.7. The highest BCUT2D eigenvalue weighted by atomic mass is 32.2. The zero-order chi connectivity index (χ0) is 13.9. The van der Waals surface area contributed by atoms with Crippen molar-refractivity contribution in [1.29, 1.82) is 0 Å². The van der Waals surface area contributed by atoms with E-state index < -0.39 is 16.1 Å². The van der Waals surface area contributed by atoms with Gasteiger partial charge in [-0.1, -0.05) is 24.3 Å². The van der Waals surface area contributed by atoms with Crippen LogP contribution in [0.3, 0.4) is 0 Å². The predicted octanol–water partition coefficient (Wildman–Crippen LogP) is 1.70. The molecule has 2 aromatic rings. The van der Waals surface area contributed by atoms with E-state index >= 15 is 0 Å². The van der Waals surface area contributed by atoms with Gasteiger partial charge in [0.25, 0.3) is 0 Å². The summed E-state index contributed by atoms with van der Waals surface area (Å²) in [5, 5.41) is 0.976. The minimum atomic E-state index is -3.87. The molecule has 0 spiro atoms. The maximum atomic E-state index is 11.6. The molecule has 0 fully saturated rings. The van der Waals surface area contributed by atoms with E-state index in [9.17, 15) is 13.2 Å². The standard InChI is InChI=1S/C13H13NO4S/c1-2-9-19(16,17)18-13(15)10-14-8-7-11-5-3-4-6-12(11)14/h2-8H,1,9-10H2. The Hall–Kier alpha value is -2.08. The van der Waals surface area contributed by atoms with Crippen LogP contribution < -0.4 is 0 Å². The van der Waals surface area contributed by atoms with Crippen LogP contribution in [-0.2, 0) is 25.6 Å². The summed E-state index contributed by atoms with van der Waals surface area (Å²) in [4.78, 5) is 11.6. The van der Waals surface area contributed by atoms with Crippen molar-refractivity contribution < 1.29 is 17.4 Å². The van der Waals surface area contributed by atoms with E-state index in [1.807, 2.05) is 30.3 Å². The summed E-state index contributed by atoms with van der Waals surface area (Å²) in [6.45, 7) is 3.15. The van der Waals surface area contributed by atoms with Crippen molar-refractivity contribution in [3.8, 4) is 0 Å². The van der Waals surface area contributed by atoms with Crippen LogP contribution >= 0.6 is 0 Å². The Morgan fingerprint density at radius 2 is 2.05 bits per heavy atom. The summed E-state index contributed by atoms with van der Waals surface area (Å²) in [7, 11) is -3.87. The van der Waals surface area contributed by atoms with Gasteiger partial charge >= 0.3 is 16.1 Å². The lowest BCUT2D eigenvalue weighted by atomic mass is 10.2. The summed E-state index contributed by atoms with van der Waals surface area (Å²) in [6.07, 6.45) is 2.89. The average molecular weight is 279 g/mol. The Morgan fingerprint density at radius 1 is 1.32 bits per heavy atom. The maximum Gasteiger partial charge on any atom is 0.341 e. The lowest BCUT2D eigenvalue weighted by Crippen LogP contribution is -2.19. The highest BCUT2D eigenvalue weighted by Crippen LogP contribution is 2.15. The normalized spacial score (nSPS) is 11.4. The Morgan fingerprint density at radius 3 is 2.79 bits per heavy atom. The summed E-state index contributed by atoms with van der Waals surface area (Å²) >= 11 is 0. The van der Waals surface area contributed by atoms with Gasteiger partial charge in [-0.15, -0.1) is 6.58 Å². The highest BCUT2D eigenvalue weighted by Gasteiger charge is 2.16. The molecular formula is C13H13NO4S. The smallest absolute Gasteiger partial charge is 0.341 e. The van der Waals surface area contributed by atoms with E-state index in [2.05, 4.69) is 10.8 Å². The molecule has 0 bridgehead atoms. The number of aromatic nitrogens is 1. The zero-order valence-electron chi connectivity index (χ0n) is 10.2. The van der Waals surface area contributed by atoms with Crippen LogP contribution in [0.25, 0.3) is 10.9 Å². The third-order valence-corrected chi connectivity index (χ3v) is 3.61. The second-order valence-corrected chi connectivity index (χ2v) is 5.59. The van der Waals surface area contributed by atoms with Gasteiger partial charge in [-0.2, -0.15) is 8.42 Å². The number of para-hydroxylation sites is 1. The van der Waals surface area contributed by atoms with Gasteiger partial charge < -0.3 is 8.75 Å². The van der Waals surface area contributed by atoms with E-state index in [1.54, 1.807) is 10.8 Å². The van der Waals surface area contributed by atoms with E-state index in [1.165, 1.54) is 6.08 Å². The molecule has 0 atom stereocenters. The predicted molar refractivity (Wildman–Crippen MR) is 72.0 cm³/mol. The second kappa shape index (κ2) is 5.27. The summed E-state index contributed by atoms with van der Waals surface area (Å²) in [6, 6.07) is 9.34. The van der Waals surface area contributed by atoms with Crippen molar-refractivity contribution in [2.45, 2.75) is 6.54 Å². The van der Waals surface area contributed by atoms with Crippen molar-refractivity contribution in [1.82, 2.24) is 4.57 Å². The molecule has 100 valence electrons. The fourth-order valence-corrected chi connectivity index (χ4v) is 2.46. The number of benzene rings is 1. The number of rotatable bonds is 5. The van der Waals surface area contributed by atoms with E-state index in [0.29, 0.717) is 0 Å². The van der Waals surface area contributed by atoms with E-state index in [4.69, 9.17) is 0 Å². The third-order valence-electron chi connectivity index (χ3n) is 2.52. The molecule has 19 heavy (non-hydrogen) atoms. The van der Waals surface area contributed by atoms with Gasteiger partial charge in [-0.05, 0) is 17.5 Å². The van der Waals surface area contributed by atoms with Crippen molar-refractivity contribution >= 4 is 27.0 Å². The van der Waals surface area contributed by atoms with Gasteiger partial charge in [0.05, 0.1) is 0 Å². The first-order chi connectivity index (χ1) is 9.02. The van der Waals surface area contributed by atoms with Crippen LogP contribution in [0.2, 0.25) is 0 Å². The molecule has 0 aliphatic heterocycles. The Kier molecular flexibility index (Phi) is 3.71. The fraction of sp³-hybridized carbons (Fsp3) is 0.154. The van der Waals surface area contributed by atoms with Gasteiger partial charge in [0.1, 0.15) is 12.3 Å². The number of nitrogens with zero attached hydrogens (tertiary/aromatic N) is 1. The van der Waals surface area contributed by atoms with Crippen molar-refractivity contribution in [3.63, 3.8) is 0 Å². The fourth-order valence-electron chi connectivity index (χ4n) is 1.76. The molecule has 1 aromatic carbocycles. The van der Waals surface area contributed by atoms with Gasteiger partial charge in [0.15, 0.2) is 0 Å². The van der Waals surface area contributed by atoms with Gasteiger partial charge in [0, 0.05) is 11.7 Å².